The molecule has 0 heterocycles. The van der Waals surface area contributed by atoms with Crippen molar-refractivity contribution in [2.45, 2.75) is 6.92 Å². The highest BCUT2D eigenvalue weighted by atomic mass is 32.1. The summed E-state index contributed by atoms with van der Waals surface area (Å²) in [7, 11) is 0. The zero-order valence-corrected chi connectivity index (χ0v) is 14.6. The molecule has 26 heavy (non-hydrogen) atoms. The Morgan fingerprint density at radius 1 is 1.04 bits per heavy atom. The van der Waals surface area contributed by atoms with E-state index in [1.54, 1.807) is 24.3 Å². The normalized spacial score (nSPS) is 10.2. The standard InChI is InChI=1S/C17H16F3N3O2S/c1-2-25-11-5-3-10(4-6-11)22-17(26)21-9-14(24)23-13-8-7-12(18)15(19)16(13)20/h3-8H,2,9H2,1H3,(H,23,24)(H2,21,22,26). The maximum atomic E-state index is 13.5. The first kappa shape index (κ1) is 19.5. The molecule has 9 heteroatoms. The van der Waals surface area contributed by atoms with E-state index in [4.69, 9.17) is 17.0 Å². The van der Waals surface area contributed by atoms with Crippen molar-refractivity contribution >= 4 is 34.6 Å². The van der Waals surface area contributed by atoms with Crippen LogP contribution in [0.2, 0.25) is 0 Å². The number of ether oxygens (including phenoxy) is 1. The summed E-state index contributed by atoms with van der Waals surface area (Å²) < 4.78 is 44.8. The molecule has 3 N–H and O–H groups in total. The van der Waals surface area contributed by atoms with Crippen molar-refractivity contribution in [2.24, 2.45) is 0 Å². The van der Waals surface area contributed by atoms with Gasteiger partial charge >= 0.3 is 0 Å². The van der Waals surface area contributed by atoms with Gasteiger partial charge in [-0.05, 0) is 55.5 Å². The van der Waals surface area contributed by atoms with Crippen LogP contribution < -0.4 is 20.7 Å². The number of hydrogen-bond acceptors (Lipinski definition) is 3. The number of anilines is 2. The van der Waals surface area contributed by atoms with Crippen LogP contribution in [0.15, 0.2) is 36.4 Å². The second-order valence-corrected chi connectivity index (χ2v) is 5.44. The first-order valence-corrected chi connectivity index (χ1v) is 8.02. The number of benzene rings is 2. The van der Waals surface area contributed by atoms with Crippen LogP contribution >= 0.6 is 12.2 Å². The second-order valence-electron chi connectivity index (χ2n) is 5.04. The molecule has 0 spiro atoms. The predicted molar refractivity (Wildman–Crippen MR) is 96.8 cm³/mol. The molecule has 0 saturated heterocycles. The van der Waals surface area contributed by atoms with Crippen LogP contribution in [0, 0.1) is 17.5 Å². The summed E-state index contributed by atoms with van der Waals surface area (Å²) in [6.45, 7) is 2.14. The molecule has 0 aliphatic heterocycles. The van der Waals surface area contributed by atoms with Gasteiger partial charge in [0, 0.05) is 5.69 Å². The fraction of sp³-hybridized carbons (Fsp3) is 0.176. The van der Waals surface area contributed by atoms with Gasteiger partial charge in [0.2, 0.25) is 5.91 Å². The summed E-state index contributed by atoms with van der Waals surface area (Å²) >= 11 is 5.05. The Kier molecular flexibility index (Phi) is 6.79. The number of carbonyl (C=O) groups is 1. The minimum atomic E-state index is -1.65. The molecule has 1 amide bonds. The average Bonchev–Trinajstić information content (AvgIpc) is 2.62. The van der Waals surface area contributed by atoms with Gasteiger partial charge in [0.25, 0.3) is 0 Å². The van der Waals surface area contributed by atoms with Gasteiger partial charge < -0.3 is 20.7 Å². The van der Waals surface area contributed by atoms with Gasteiger partial charge in [0.15, 0.2) is 22.6 Å². The maximum absolute atomic E-state index is 13.5. The number of carbonyl (C=O) groups excluding carboxylic acids is 1. The van der Waals surface area contributed by atoms with E-state index in [9.17, 15) is 18.0 Å². The molecule has 0 unspecified atom stereocenters. The van der Waals surface area contributed by atoms with Crippen LogP contribution in [0.1, 0.15) is 6.92 Å². The topological polar surface area (TPSA) is 62.4 Å². The van der Waals surface area contributed by atoms with Crippen LogP contribution in [0.3, 0.4) is 0 Å². The average molecular weight is 383 g/mol. The molecule has 0 bridgehead atoms. The minimum Gasteiger partial charge on any atom is -0.494 e. The Morgan fingerprint density at radius 3 is 2.38 bits per heavy atom. The van der Waals surface area contributed by atoms with Crippen molar-refractivity contribution in [2.75, 3.05) is 23.8 Å². The monoisotopic (exact) mass is 383 g/mol. The van der Waals surface area contributed by atoms with Crippen LogP contribution in [-0.2, 0) is 4.79 Å². The van der Waals surface area contributed by atoms with Crippen molar-refractivity contribution in [3.05, 3.63) is 53.8 Å². The highest BCUT2D eigenvalue weighted by Crippen LogP contribution is 2.19. The molecule has 2 aromatic carbocycles. The quantitative estimate of drug-likeness (QED) is 0.527. The van der Waals surface area contributed by atoms with E-state index < -0.39 is 29.0 Å². The van der Waals surface area contributed by atoms with E-state index in [1.807, 2.05) is 6.92 Å². The van der Waals surface area contributed by atoms with Gasteiger partial charge in [-0.3, -0.25) is 4.79 Å². The summed E-state index contributed by atoms with van der Waals surface area (Å²) in [5.41, 5.74) is 0.221. The van der Waals surface area contributed by atoms with E-state index in [2.05, 4.69) is 16.0 Å². The zero-order chi connectivity index (χ0) is 19.1. The molecule has 2 aromatic rings. The number of thiocarbonyl (C=S) groups is 1. The van der Waals surface area contributed by atoms with Crippen molar-refractivity contribution in [3.63, 3.8) is 0 Å². The molecule has 0 atom stereocenters. The highest BCUT2D eigenvalue weighted by Gasteiger charge is 2.15. The van der Waals surface area contributed by atoms with E-state index in [-0.39, 0.29) is 11.7 Å². The lowest BCUT2D eigenvalue weighted by atomic mass is 10.2. The Balaban J connectivity index is 1.83. The summed E-state index contributed by atoms with van der Waals surface area (Å²) in [4.78, 5) is 11.8. The van der Waals surface area contributed by atoms with Gasteiger partial charge in [0.05, 0.1) is 18.8 Å². The molecule has 0 fully saturated rings. The molecule has 0 saturated carbocycles. The SMILES string of the molecule is CCOc1ccc(NC(=S)NCC(=O)Nc2ccc(F)c(F)c2F)cc1. The molecular weight excluding hydrogens is 367 g/mol. The largest absolute Gasteiger partial charge is 0.494 e. The summed E-state index contributed by atoms with van der Waals surface area (Å²) in [6.07, 6.45) is 0. The van der Waals surface area contributed by atoms with Crippen molar-refractivity contribution < 1.29 is 22.7 Å². The van der Waals surface area contributed by atoms with Gasteiger partial charge in [0.1, 0.15) is 5.75 Å². The molecule has 0 aliphatic carbocycles. The molecule has 0 aliphatic rings. The molecule has 0 aromatic heterocycles. The highest BCUT2D eigenvalue weighted by molar-refractivity contribution is 7.80. The van der Waals surface area contributed by atoms with Crippen LogP contribution in [-0.4, -0.2) is 24.2 Å². The lowest BCUT2D eigenvalue weighted by Crippen LogP contribution is -2.35. The Labute approximate surface area is 153 Å². The van der Waals surface area contributed by atoms with Gasteiger partial charge in [-0.2, -0.15) is 0 Å². The third-order valence-electron chi connectivity index (χ3n) is 3.14. The zero-order valence-electron chi connectivity index (χ0n) is 13.7. The summed E-state index contributed by atoms with van der Waals surface area (Å²) in [5, 5.41) is 7.78. The van der Waals surface area contributed by atoms with Gasteiger partial charge in [-0.15, -0.1) is 0 Å². The Hall–Kier alpha value is -2.81. The second kappa shape index (κ2) is 9.04. The molecule has 2 rings (SSSR count). The number of nitrogens with one attached hydrogen (secondary N) is 3. The minimum absolute atomic E-state index is 0.162. The van der Waals surface area contributed by atoms with Crippen LogP contribution in [0.4, 0.5) is 24.5 Å². The predicted octanol–water partition coefficient (Wildman–Crippen LogP) is 3.43. The smallest absolute Gasteiger partial charge is 0.243 e. The van der Waals surface area contributed by atoms with Crippen LogP contribution in [0.25, 0.3) is 0 Å². The lowest BCUT2D eigenvalue weighted by molar-refractivity contribution is -0.115. The van der Waals surface area contributed by atoms with E-state index in [1.165, 1.54) is 0 Å². The molecular formula is C17H16F3N3O2S. The van der Waals surface area contributed by atoms with Crippen molar-refractivity contribution in [1.82, 2.24) is 5.32 Å². The third-order valence-corrected chi connectivity index (χ3v) is 3.39. The Bertz CT molecular complexity index is 801. The van der Waals surface area contributed by atoms with E-state index in [0.717, 1.165) is 12.1 Å². The van der Waals surface area contributed by atoms with E-state index in [0.29, 0.717) is 18.0 Å². The summed E-state index contributed by atoms with van der Waals surface area (Å²) in [5.74, 6) is -4.41. The summed E-state index contributed by atoms with van der Waals surface area (Å²) in [6, 6.07) is 8.66. The van der Waals surface area contributed by atoms with Crippen molar-refractivity contribution in [3.8, 4) is 5.75 Å². The fourth-order valence-electron chi connectivity index (χ4n) is 1.95. The molecule has 0 radical (unpaired) electrons. The fourth-order valence-corrected chi connectivity index (χ4v) is 2.14. The lowest BCUT2D eigenvalue weighted by Gasteiger charge is -2.12. The van der Waals surface area contributed by atoms with Crippen LogP contribution in [0.5, 0.6) is 5.75 Å². The number of rotatable bonds is 6. The van der Waals surface area contributed by atoms with Crippen molar-refractivity contribution in [1.29, 1.82) is 0 Å². The first-order valence-electron chi connectivity index (χ1n) is 7.61. The van der Waals surface area contributed by atoms with Gasteiger partial charge in [-0.1, -0.05) is 0 Å². The van der Waals surface area contributed by atoms with E-state index >= 15 is 0 Å². The third kappa shape index (κ3) is 5.35. The number of hydrogen-bond donors (Lipinski definition) is 3. The molecule has 138 valence electrons. The first-order chi connectivity index (χ1) is 12.4. The molecule has 5 nitrogen and oxygen atoms in total. The van der Waals surface area contributed by atoms with Gasteiger partial charge in [-0.25, -0.2) is 13.2 Å². The maximum Gasteiger partial charge on any atom is 0.243 e. The number of amides is 1. The Morgan fingerprint density at radius 2 is 1.73 bits per heavy atom. The number of halogens is 3.